The fraction of sp³-hybridized carbons (Fsp3) is 0.368. The highest BCUT2D eigenvalue weighted by Gasteiger charge is 2.19. The Morgan fingerprint density at radius 1 is 1.04 bits per heavy atom. The highest BCUT2D eigenvalue weighted by atomic mass is 32.2. The van der Waals surface area contributed by atoms with Gasteiger partial charge in [0.1, 0.15) is 25.6 Å². The summed E-state index contributed by atoms with van der Waals surface area (Å²) in [5.74, 6) is 2.18. The van der Waals surface area contributed by atoms with Gasteiger partial charge < -0.3 is 14.2 Å². The maximum Gasteiger partial charge on any atom is 0.240 e. The molecule has 1 aliphatic rings. The molecule has 0 saturated carbocycles. The summed E-state index contributed by atoms with van der Waals surface area (Å²) in [4.78, 5) is 0.142. The molecule has 0 bridgehead atoms. The smallest absolute Gasteiger partial charge is 0.240 e. The molecule has 1 heterocycles. The molecule has 0 aromatic heterocycles. The lowest BCUT2D eigenvalue weighted by Gasteiger charge is -2.19. The first-order valence-electron chi connectivity index (χ1n) is 8.58. The van der Waals surface area contributed by atoms with Crippen molar-refractivity contribution in [3.63, 3.8) is 0 Å². The first kappa shape index (κ1) is 18.5. The van der Waals surface area contributed by atoms with Gasteiger partial charge in [0.25, 0.3) is 0 Å². The van der Waals surface area contributed by atoms with Crippen molar-refractivity contribution in [3.8, 4) is 17.2 Å². The molecule has 140 valence electrons. The second-order valence-electron chi connectivity index (χ2n) is 6.28. The summed E-state index contributed by atoms with van der Waals surface area (Å²) >= 11 is 0. The molecule has 0 atom stereocenters. The molecule has 3 rings (SSSR count). The van der Waals surface area contributed by atoms with Crippen LogP contribution in [-0.4, -0.2) is 34.8 Å². The van der Waals surface area contributed by atoms with Gasteiger partial charge in [0, 0.05) is 12.6 Å². The number of rotatable bonds is 7. The molecule has 2 aromatic rings. The third-order valence-electron chi connectivity index (χ3n) is 4.03. The minimum Gasteiger partial charge on any atom is -0.492 e. The lowest BCUT2D eigenvalue weighted by molar-refractivity contribution is 0.171. The second kappa shape index (κ2) is 7.97. The summed E-state index contributed by atoms with van der Waals surface area (Å²) in [5.41, 5.74) is 1.23. The van der Waals surface area contributed by atoms with Crippen molar-refractivity contribution in [1.29, 1.82) is 0 Å². The van der Waals surface area contributed by atoms with Gasteiger partial charge in [-0.05, 0) is 35.7 Å². The zero-order valence-corrected chi connectivity index (χ0v) is 15.7. The van der Waals surface area contributed by atoms with Crippen LogP contribution in [0.5, 0.6) is 17.2 Å². The molecule has 0 radical (unpaired) electrons. The maximum absolute atomic E-state index is 12.4. The zero-order chi connectivity index (χ0) is 18.6. The Labute approximate surface area is 154 Å². The van der Waals surface area contributed by atoms with Crippen LogP contribution in [0, 0.1) is 0 Å². The summed E-state index contributed by atoms with van der Waals surface area (Å²) in [6.45, 7) is 5.54. The van der Waals surface area contributed by atoms with Crippen molar-refractivity contribution in [2.75, 3.05) is 26.4 Å². The molecule has 7 heteroatoms. The first-order chi connectivity index (χ1) is 12.5. The van der Waals surface area contributed by atoms with Gasteiger partial charge in [-0.2, -0.15) is 0 Å². The third-order valence-corrected chi connectivity index (χ3v) is 5.49. The topological polar surface area (TPSA) is 73.9 Å². The van der Waals surface area contributed by atoms with E-state index >= 15 is 0 Å². The van der Waals surface area contributed by atoms with Crippen LogP contribution in [0.1, 0.15) is 25.3 Å². The van der Waals surface area contributed by atoms with Gasteiger partial charge in [-0.25, -0.2) is 13.1 Å². The van der Waals surface area contributed by atoms with Crippen LogP contribution in [0.4, 0.5) is 0 Å². The highest BCUT2D eigenvalue weighted by Crippen LogP contribution is 2.32. The molecule has 0 aliphatic carbocycles. The standard InChI is InChI=1S/C19H23NO5S/c1-14(2)15-3-5-16(6-4-15)23-10-9-20-26(21,22)17-7-8-18-19(13-17)25-12-11-24-18/h3-8,13-14,20H,9-12H2,1-2H3. The molecular formula is C19H23NO5S. The quantitative estimate of drug-likeness (QED) is 0.751. The SMILES string of the molecule is CC(C)c1ccc(OCCNS(=O)(=O)c2ccc3c(c2)OCCO3)cc1. The van der Waals surface area contributed by atoms with E-state index in [1.165, 1.54) is 17.7 Å². The number of nitrogens with one attached hydrogen (secondary N) is 1. The van der Waals surface area contributed by atoms with Gasteiger partial charge in [0.15, 0.2) is 11.5 Å². The number of benzene rings is 2. The van der Waals surface area contributed by atoms with Gasteiger partial charge in [0.2, 0.25) is 10.0 Å². The third kappa shape index (κ3) is 4.47. The Morgan fingerprint density at radius 3 is 2.42 bits per heavy atom. The Hall–Kier alpha value is -2.25. The van der Waals surface area contributed by atoms with Gasteiger partial charge in [-0.1, -0.05) is 26.0 Å². The number of sulfonamides is 1. The summed E-state index contributed by atoms with van der Waals surface area (Å²) in [6.07, 6.45) is 0. The normalized spacial score (nSPS) is 13.7. The number of hydrogen-bond acceptors (Lipinski definition) is 5. The Balaban J connectivity index is 1.53. The Kier molecular flexibility index (Phi) is 5.68. The molecule has 0 saturated heterocycles. The average Bonchev–Trinajstić information content (AvgIpc) is 2.65. The molecule has 0 amide bonds. The van der Waals surface area contributed by atoms with E-state index < -0.39 is 10.0 Å². The van der Waals surface area contributed by atoms with E-state index in [0.717, 1.165) is 0 Å². The van der Waals surface area contributed by atoms with Crippen molar-refractivity contribution < 1.29 is 22.6 Å². The van der Waals surface area contributed by atoms with Crippen LogP contribution in [0.3, 0.4) is 0 Å². The van der Waals surface area contributed by atoms with Crippen molar-refractivity contribution in [1.82, 2.24) is 4.72 Å². The molecule has 0 spiro atoms. The Bertz CT molecular complexity index is 847. The molecule has 0 fully saturated rings. The van der Waals surface area contributed by atoms with Crippen LogP contribution in [-0.2, 0) is 10.0 Å². The predicted octanol–water partition coefficient (Wildman–Crippen LogP) is 2.94. The lowest BCUT2D eigenvalue weighted by Crippen LogP contribution is -2.28. The van der Waals surface area contributed by atoms with E-state index in [9.17, 15) is 8.42 Å². The van der Waals surface area contributed by atoms with Crippen LogP contribution < -0.4 is 18.9 Å². The molecule has 2 aromatic carbocycles. The molecule has 1 N–H and O–H groups in total. The van der Waals surface area contributed by atoms with E-state index in [-0.39, 0.29) is 18.0 Å². The predicted molar refractivity (Wildman–Crippen MR) is 98.6 cm³/mol. The lowest BCUT2D eigenvalue weighted by atomic mass is 10.0. The fourth-order valence-corrected chi connectivity index (χ4v) is 3.60. The maximum atomic E-state index is 12.4. The minimum atomic E-state index is -3.63. The van der Waals surface area contributed by atoms with E-state index in [1.54, 1.807) is 6.07 Å². The van der Waals surface area contributed by atoms with Crippen LogP contribution >= 0.6 is 0 Å². The van der Waals surface area contributed by atoms with E-state index in [4.69, 9.17) is 14.2 Å². The monoisotopic (exact) mass is 377 g/mol. The van der Waals surface area contributed by atoms with Crippen LogP contribution in [0.25, 0.3) is 0 Å². The average molecular weight is 377 g/mol. The van der Waals surface area contributed by atoms with E-state index in [0.29, 0.717) is 36.4 Å². The second-order valence-corrected chi connectivity index (χ2v) is 8.04. The van der Waals surface area contributed by atoms with E-state index in [1.807, 2.05) is 24.3 Å². The largest absolute Gasteiger partial charge is 0.492 e. The molecule has 6 nitrogen and oxygen atoms in total. The number of ether oxygens (including phenoxy) is 3. The molecule has 1 aliphatic heterocycles. The van der Waals surface area contributed by atoms with Crippen molar-refractivity contribution in [2.45, 2.75) is 24.7 Å². The van der Waals surface area contributed by atoms with Crippen LogP contribution in [0.15, 0.2) is 47.4 Å². The van der Waals surface area contributed by atoms with Gasteiger partial charge in [0.05, 0.1) is 4.90 Å². The molecule has 0 unspecified atom stereocenters. The highest BCUT2D eigenvalue weighted by molar-refractivity contribution is 7.89. The van der Waals surface area contributed by atoms with Gasteiger partial charge in [-0.15, -0.1) is 0 Å². The molecular weight excluding hydrogens is 354 g/mol. The summed E-state index contributed by atoms with van der Waals surface area (Å²) < 4.78 is 43.7. The molecule has 26 heavy (non-hydrogen) atoms. The van der Waals surface area contributed by atoms with Crippen molar-refractivity contribution >= 4 is 10.0 Å². The van der Waals surface area contributed by atoms with Crippen molar-refractivity contribution in [3.05, 3.63) is 48.0 Å². The zero-order valence-electron chi connectivity index (χ0n) is 14.9. The van der Waals surface area contributed by atoms with Crippen molar-refractivity contribution in [2.24, 2.45) is 0 Å². The number of fused-ring (bicyclic) bond motifs is 1. The van der Waals surface area contributed by atoms with Crippen LogP contribution in [0.2, 0.25) is 0 Å². The Morgan fingerprint density at radius 2 is 1.73 bits per heavy atom. The van der Waals surface area contributed by atoms with Gasteiger partial charge >= 0.3 is 0 Å². The summed E-state index contributed by atoms with van der Waals surface area (Å²) in [7, 11) is -3.63. The summed E-state index contributed by atoms with van der Waals surface area (Å²) in [5, 5.41) is 0. The minimum absolute atomic E-state index is 0.142. The summed E-state index contributed by atoms with van der Waals surface area (Å²) in [6, 6.07) is 12.4. The fourth-order valence-electron chi connectivity index (χ4n) is 2.57. The first-order valence-corrected chi connectivity index (χ1v) is 10.1. The van der Waals surface area contributed by atoms with E-state index in [2.05, 4.69) is 18.6 Å². The van der Waals surface area contributed by atoms with Gasteiger partial charge in [-0.3, -0.25) is 0 Å². The number of hydrogen-bond donors (Lipinski definition) is 1.